The van der Waals surface area contributed by atoms with E-state index in [4.69, 9.17) is 9.47 Å². The van der Waals surface area contributed by atoms with Gasteiger partial charge in [0.15, 0.2) is 11.5 Å². The number of para-hydroxylation sites is 2. The topological polar surface area (TPSA) is 56.8 Å². The second kappa shape index (κ2) is 9.03. The molecule has 0 unspecified atom stereocenters. The van der Waals surface area contributed by atoms with Crippen LogP contribution in [0.5, 0.6) is 17.2 Å². The van der Waals surface area contributed by atoms with Gasteiger partial charge in [0.05, 0.1) is 19.2 Å². The van der Waals surface area contributed by atoms with Gasteiger partial charge in [-0.2, -0.15) is 8.78 Å². The van der Waals surface area contributed by atoms with Crippen molar-refractivity contribution >= 4 is 5.91 Å². The Hall–Kier alpha value is -2.83. The highest BCUT2D eigenvalue weighted by atomic mass is 19.3. The third-order valence-corrected chi connectivity index (χ3v) is 3.69. The first kappa shape index (κ1) is 19.5. The zero-order chi connectivity index (χ0) is 19.1. The standard InChI is InChI=1S/C19H21F2NO4/c1-12-6-4-7-13(2)16(12)25-11-10-22-18(23)14-8-5-9-15(24-3)17(14)26-19(20)21/h4-9,19H,10-11H2,1-3H3,(H,22,23). The highest BCUT2D eigenvalue weighted by Crippen LogP contribution is 2.32. The number of hydrogen-bond acceptors (Lipinski definition) is 4. The lowest BCUT2D eigenvalue weighted by Gasteiger charge is -2.15. The molecule has 1 amide bonds. The average Bonchev–Trinajstić information content (AvgIpc) is 2.60. The molecule has 0 radical (unpaired) electrons. The molecule has 0 fully saturated rings. The van der Waals surface area contributed by atoms with Gasteiger partial charge < -0.3 is 19.5 Å². The summed E-state index contributed by atoms with van der Waals surface area (Å²) in [7, 11) is 1.31. The summed E-state index contributed by atoms with van der Waals surface area (Å²) in [6.45, 7) is 1.26. The fraction of sp³-hybridized carbons (Fsp3) is 0.316. The number of halogens is 2. The van der Waals surface area contributed by atoms with Crippen LogP contribution in [0.15, 0.2) is 36.4 Å². The third kappa shape index (κ3) is 4.84. The molecule has 0 saturated carbocycles. The largest absolute Gasteiger partial charge is 0.493 e. The summed E-state index contributed by atoms with van der Waals surface area (Å²) in [5.74, 6) is -0.0163. The molecule has 1 N–H and O–H groups in total. The van der Waals surface area contributed by atoms with Gasteiger partial charge in [-0.05, 0) is 37.1 Å². The molecule has 0 heterocycles. The average molecular weight is 365 g/mol. The molecule has 140 valence electrons. The Labute approximate surface area is 150 Å². The molecule has 2 rings (SSSR count). The van der Waals surface area contributed by atoms with Crippen molar-refractivity contribution in [2.24, 2.45) is 0 Å². The van der Waals surface area contributed by atoms with Crippen molar-refractivity contribution in [3.8, 4) is 17.2 Å². The zero-order valence-corrected chi connectivity index (χ0v) is 14.8. The number of benzene rings is 2. The molecular weight excluding hydrogens is 344 g/mol. The lowest BCUT2D eigenvalue weighted by molar-refractivity contribution is -0.0515. The summed E-state index contributed by atoms with van der Waals surface area (Å²) in [5.41, 5.74) is 1.96. The van der Waals surface area contributed by atoms with Gasteiger partial charge in [-0.1, -0.05) is 24.3 Å². The molecule has 5 nitrogen and oxygen atoms in total. The number of amides is 1. The normalized spacial score (nSPS) is 10.5. The Morgan fingerprint density at radius 1 is 1.08 bits per heavy atom. The van der Waals surface area contributed by atoms with Gasteiger partial charge in [0.25, 0.3) is 5.91 Å². The summed E-state index contributed by atoms with van der Waals surface area (Å²) in [4.78, 5) is 12.3. The quantitative estimate of drug-likeness (QED) is 0.725. The zero-order valence-electron chi connectivity index (χ0n) is 14.8. The maximum Gasteiger partial charge on any atom is 0.387 e. The van der Waals surface area contributed by atoms with Crippen LogP contribution in [0.25, 0.3) is 0 Å². The van der Waals surface area contributed by atoms with Crippen LogP contribution in [-0.2, 0) is 0 Å². The number of methoxy groups -OCH3 is 1. The fourth-order valence-corrected chi connectivity index (χ4v) is 2.51. The lowest BCUT2D eigenvalue weighted by Crippen LogP contribution is -2.29. The van der Waals surface area contributed by atoms with Crippen LogP contribution in [0.2, 0.25) is 0 Å². The van der Waals surface area contributed by atoms with Gasteiger partial charge in [-0.25, -0.2) is 0 Å². The summed E-state index contributed by atoms with van der Waals surface area (Å²) in [5, 5.41) is 2.63. The van der Waals surface area contributed by atoms with E-state index in [1.807, 2.05) is 32.0 Å². The smallest absolute Gasteiger partial charge is 0.387 e. The van der Waals surface area contributed by atoms with Crippen LogP contribution in [0.4, 0.5) is 8.78 Å². The summed E-state index contributed by atoms with van der Waals surface area (Å²) < 4.78 is 40.4. The van der Waals surface area contributed by atoms with Crippen LogP contribution in [0, 0.1) is 13.8 Å². The highest BCUT2D eigenvalue weighted by molar-refractivity contribution is 5.97. The molecule has 0 aliphatic heterocycles. The molecule has 0 atom stereocenters. The fourth-order valence-electron chi connectivity index (χ4n) is 2.51. The number of hydrogen-bond donors (Lipinski definition) is 1. The van der Waals surface area contributed by atoms with Crippen molar-refractivity contribution in [3.63, 3.8) is 0 Å². The van der Waals surface area contributed by atoms with Gasteiger partial charge in [0.1, 0.15) is 12.4 Å². The van der Waals surface area contributed by atoms with E-state index in [1.165, 1.54) is 25.3 Å². The maximum absolute atomic E-state index is 12.6. The van der Waals surface area contributed by atoms with Crippen LogP contribution in [0.1, 0.15) is 21.5 Å². The number of aryl methyl sites for hydroxylation is 2. The van der Waals surface area contributed by atoms with Crippen LogP contribution in [0.3, 0.4) is 0 Å². The number of alkyl halides is 2. The second-order valence-electron chi connectivity index (χ2n) is 5.54. The first-order valence-corrected chi connectivity index (χ1v) is 8.03. The first-order chi connectivity index (χ1) is 12.4. The SMILES string of the molecule is COc1cccc(C(=O)NCCOc2c(C)cccc2C)c1OC(F)F. The minimum atomic E-state index is -3.06. The van der Waals surface area contributed by atoms with E-state index in [0.29, 0.717) is 0 Å². The van der Waals surface area contributed by atoms with Crippen molar-refractivity contribution in [2.45, 2.75) is 20.5 Å². The summed E-state index contributed by atoms with van der Waals surface area (Å²) in [6.07, 6.45) is 0. The second-order valence-corrected chi connectivity index (χ2v) is 5.54. The van der Waals surface area contributed by atoms with Gasteiger partial charge in [0.2, 0.25) is 0 Å². The van der Waals surface area contributed by atoms with Crippen molar-refractivity contribution in [3.05, 3.63) is 53.1 Å². The Bertz CT molecular complexity index is 745. The third-order valence-electron chi connectivity index (χ3n) is 3.69. The van der Waals surface area contributed by atoms with Gasteiger partial charge >= 0.3 is 6.61 Å². The highest BCUT2D eigenvalue weighted by Gasteiger charge is 2.20. The van der Waals surface area contributed by atoms with Crippen molar-refractivity contribution in [1.29, 1.82) is 0 Å². The number of ether oxygens (including phenoxy) is 3. The number of carbonyl (C=O) groups excluding carboxylic acids is 1. The Kier molecular flexibility index (Phi) is 6.77. The van der Waals surface area contributed by atoms with Crippen LogP contribution in [-0.4, -0.2) is 32.8 Å². The van der Waals surface area contributed by atoms with Gasteiger partial charge in [-0.3, -0.25) is 4.79 Å². The predicted octanol–water partition coefficient (Wildman–Crippen LogP) is 3.72. The lowest BCUT2D eigenvalue weighted by atomic mass is 10.1. The predicted molar refractivity (Wildman–Crippen MR) is 93.4 cm³/mol. The number of nitrogens with one attached hydrogen (secondary N) is 1. The Morgan fingerprint density at radius 2 is 1.73 bits per heavy atom. The van der Waals surface area contributed by atoms with E-state index in [1.54, 1.807) is 0 Å². The van der Waals surface area contributed by atoms with Crippen molar-refractivity contribution in [2.75, 3.05) is 20.3 Å². The van der Waals surface area contributed by atoms with E-state index in [2.05, 4.69) is 10.1 Å². The molecule has 0 aliphatic carbocycles. The molecular formula is C19H21F2NO4. The molecule has 0 saturated heterocycles. The molecule has 7 heteroatoms. The van der Waals surface area contributed by atoms with Crippen LogP contribution < -0.4 is 19.5 Å². The van der Waals surface area contributed by atoms with E-state index in [-0.39, 0.29) is 30.2 Å². The molecule has 0 aromatic heterocycles. The van der Waals surface area contributed by atoms with Crippen molar-refractivity contribution < 1.29 is 27.8 Å². The van der Waals surface area contributed by atoms with Gasteiger partial charge in [0, 0.05) is 0 Å². The summed E-state index contributed by atoms with van der Waals surface area (Å²) in [6, 6.07) is 10.2. The molecule has 2 aromatic carbocycles. The molecule has 0 bridgehead atoms. The van der Waals surface area contributed by atoms with Crippen molar-refractivity contribution in [1.82, 2.24) is 5.32 Å². The van der Waals surface area contributed by atoms with E-state index >= 15 is 0 Å². The number of rotatable bonds is 8. The minimum absolute atomic E-state index is 0.0308. The minimum Gasteiger partial charge on any atom is -0.493 e. The van der Waals surface area contributed by atoms with E-state index < -0.39 is 12.5 Å². The summed E-state index contributed by atoms with van der Waals surface area (Å²) >= 11 is 0. The molecule has 0 spiro atoms. The van der Waals surface area contributed by atoms with E-state index in [9.17, 15) is 13.6 Å². The Balaban J connectivity index is 2.00. The molecule has 2 aromatic rings. The maximum atomic E-state index is 12.6. The Morgan fingerprint density at radius 3 is 2.35 bits per heavy atom. The first-order valence-electron chi connectivity index (χ1n) is 8.03. The molecule has 0 aliphatic rings. The van der Waals surface area contributed by atoms with Gasteiger partial charge in [-0.15, -0.1) is 0 Å². The molecule has 26 heavy (non-hydrogen) atoms. The van der Waals surface area contributed by atoms with Crippen LogP contribution >= 0.6 is 0 Å². The number of carbonyl (C=O) groups is 1. The van der Waals surface area contributed by atoms with E-state index in [0.717, 1.165) is 16.9 Å². The monoisotopic (exact) mass is 365 g/mol.